The number of rotatable bonds is 11. The second-order valence-corrected chi connectivity index (χ2v) is 10.6. The van der Waals surface area contributed by atoms with Crippen LogP contribution in [0.2, 0.25) is 0 Å². The molecule has 3 rings (SSSR count). The third-order valence-corrected chi connectivity index (χ3v) is 6.67. The van der Waals surface area contributed by atoms with Crippen LogP contribution in [0.1, 0.15) is 116 Å². The molecule has 33 heavy (non-hydrogen) atoms. The Bertz CT molecular complexity index is 1020. The molecule has 0 amide bonds. The molecule has 0 aromatic heterocycles. The molecule has 0 spiro atoms. The van der Waals surface area contributed by atoms with Gasteiger partial charge in [0.2, 0.25) is 0 Å². The number of allylic oxidation sites excluding steroid dienone is 2. The highest BCUT2D eigenvalue weighted by Crippen LogP contribution is 2.29. The third kappa shape index (κ3) is 6.76. The predicted molar refractivity (Wildman–Crippen MR) is 138 cm³/mol. The summed E-state index contributed by atoms with van der Waals surface area (Å²) in [4.78, 5) is 26.4. The second kappa shape index (κ2) is 11.6. The predicted octanol–water partition coefficient (Wildman–Crippen LogP) is 8.15. The highest BCUT2D eigenvalue weighted by molar-refractivity contribution is 6.28. The van der Waals surface area contributed by atoms with Gasteiger partial charge in [0.15, 0.2) is 11.6 Å². The van der Waals surface area contributed by atoms with Crippen molar-refractivity contribution >= 4 is 11.6 Å². The lowest BCUT2D eigenvalue weighted by atomic mass is 9.82. The summed E-state index contributed by atoms with van der Waals surface area (Å²) in [5.74, 6) is 1.40. The van der Waals surface area contributed by atoms with E-state index in [0.717, 1.165) is 49.1 Å². The van der Waals surface area contributed by atoms with Crippen molar-refractivity contribution in [2.45, 2.75) is 86.0 Å². The molecule has 2 aromatic rings. The average Bonchev–Trinajstić information content (AvgIpc) is 2.77. The maximum atomic E-state index is 13.2. The summed E-state index contributed by atoms with van der Waals surface area (Å²) in [5, 5.41) is 0. The number of carbonyl (C=O) groups excluding carboxylic acids is 2. The lowest BCUT2D eigenvalue weighted by molar-refractivity contribution is 0.0979. The van der Waals surface area contributed by atoms with E-state index in [1.54, 1.807) is 0 Å². The van der Waals surface area contributed by atoms with E-state index >= 15 is 0 Å². The Morgan fingerprint density at radius 2 is 1.24 bits per heavy atom. The van der Waals surface area contributed by atoms with Gasteiger partial charge in [-0.1, -0.05) is 76.5 Å². The van der Waals surface area contributed by atoms with Gasteiger partial charge in [-0.05, 0) is 80.5 Å². The number of benzene rings is 2. The van der Waals surface area contributed by atoms with Crippen molar-refractivity contribution < 1.29 is 9.59 Å². The molecule has 0 atom stereocenters. The minimum absolute atomic E-state index is 0.0160. The second-order valence-electron chi connectivity index (χ2n) is 10.6. The Hall–Kier alpha value is -2.48. The van der Waals surface area contributed by atoms with Crippen LogP contribution in [0, 0.1) is 11.8 Å². The monoisotopic (exact) mass is 444 g/mol. The van der Waals surface area contributed by atoms with Gasteiger partial charge in [0, 0.05) is 22.3 Å². The summed E-state index contributed by atoms with van der Waals surface area (Å²) >= 11 is 0. The first-order chi connectivity index (χ1) is 15.8. The molecule has 0 aliphatic heterocycles. The van der Waals surface area contributed by atoms with Crippen LogP contribution in [0.4, 0.5) is 0 Å². The Labute approximate surface area is 200 Å². The van der Waals surface area contributed by atoms with E-state index in [-0.39, 0.29) is 11.6 Å². The lowest BCUT2D eigenvalue weighted by Crippen LogP contribution is -2.21. The maximum absolute atomic E-state index is 13.2. The first kappa shape index (κ1) is 25.1. The molecule has 1 aliphatic carbocycles. The van der Waals surface area contributed by atoms with Crippen molar-refractivity contribution in [3.05, 3.63) is 81.4 Å². The van der Waals surface area contributed by atoms with Crippen LogP contribution in [-0.2, 0) is 12.8 Å². The van der Waals surface area contributed by atoms with E-state index in [4.69, 9.17) is 0 Å². The summed E-state index contributed by atoms with van der Waals surface area (Å²) in [6, 6.07) is 11.6. The van der Waals surface area contributed by atoms with Gasteiger partial charge >= 0.3 is 0 Å². The van der Waals surface area contributed by atoms with Crippen LogP contribution < -0.4 is 0 Å². The van der Waals surface area contributed by atoms with Gasteiger partial charge in [-0.15, -0.1) is 0 Å². The first-order valence-corrected chi connectivity index (χ1v) is 12.8. The number of hydrogen-bond donors (Lipinski definition) is 0. The zero-order chi connectivity index (χ0) is 24.0. The first-order valence-electron chi connectivity index (χ1n) is 12.8. The maximum Gasteiger partial charge on any atom is 0.194 e. The molecule has 2 heteroatoms. The van der Waals surface area contributed by atoms with E-state index in [0.29, 0.717) is 28.2 Å². The minimum Gasteiger partial charge on any atom is -0.289 e. The Kier molecular flexibility index (Phi) is 8.83. The van der Waals surface area contributed by atoms with Crippen molar-refractivity contribution in [3.8, 4) is 0 Å². The van der Waals surface area contributed by atoms with Crippen molar-refractivity contribution in [1.29, 1.82) is 0 Å². The smallest absolute Gasteiger partial charge is 0.194 e. The van der Waals surface area contributed by atoms with Crippen LogP contribution >= 0.6 is 0 Å². The molecule has 0 bridgehead atoms. The fraction of sp³-hybridized carbons (Fsp3) is 0.484. The number of fused-ring (bicyclic) bond motifs is 2. The molecule has 0 heterocycles. The minimum atomic E-state index is -0.0180. The van der Waals surface area contributed by atoms with Crippen molar-refractivity contribution in [3.63, 3.8) is 0 Å². The van der Waals surface area contributed by atoms with Gasteiger partial charge in [0.05, 0.1) is 0 Å². The number of carbonyl (C=O) groups is 2. The van der Waals surface area contributed by atoms with Gasteiger partial charge < -0.3 is 0 Å². The van der Waals surface area contributed by atoms with E-state index in [9.17, 15) is 9.59 Å². The topological polar surface area (TPSA) is 34.1 Å². The summed E-state index contributed by atoms with van der Waals surface area (Å²) in [5.41, 5.74) is 5.95. The van der Waals surface area contributed by atoms with Crippen LogP contribution in [0.3, 0.4) is 0 Å². The van der Waals surface area contributed by atoms with E-state index in [2.05, 4.69) is 40.7 Å². The molecule has 0 N–H and O–H groups in total. The molecule has 0 fully saturated rings. The van der Waals surface area contributed by atoms with E-state index in [1.165, 1.54) is 24.8 Å². The molecule has 176 valence electrons. The molecule has 0 unspecified atom stereocenters. The SMILES string of the molecule is C/C(=C\CCc1ccc2c(c1)C(=O)c1ccc(CCCC(C)C)cc1C2=O)CCCC(C)C. The van der Waals surface area contributed by atoms with Gasteiger partial charge in [-0.3, -0.25) is 9.59 Å². The molecule has 0 saturated heterocycles. The fourth-order valence-electron chi connectivity index (χ4n) is 4.65. The highest BCUT2D eigenvalue weighted by atomic mass is 16.1. The number of hydrogen-bond acceptors (Lipinski definition) is 2. The van der Waals surface area contributed by atoms with Gasteiger partial charge in [0.25, 0.3) is 0 Å². The van der Waals surface area contributed by atoms with Crippen molar-refractivity contribution in [2.75, 3.05) is 0 Å². The molecule has 0 radical (unpaired) electrons. The standard InChI is InChI=1S/C31H40O2/c1-21(2)9-6-11-23(5)12-8-14-25-16-18-27-29(20-25)31(33)26-17-15-24(13-7-10-22(3)4)19-28(26)30(27)32/h12,15-22H,6-11,13-14H2,1-5H3/b23-12+. The third-order valence-electron chi connectivity index (χ3n) is 6.67. The molecule has 2 aromatic carbocycles. The summed E-state index contributed by atoms with van der Waals surface area (Å²) in [7, 11) is 0. The van der Waals surface area contributed by atoms with Crippen LogP contribution in [0.5, 0.6) is 0 Å². The Morgan fingerprint density at radius 1 is 0.727 bits per heavy atom. The quantitative estimate of drug-likeness (QED) is 0.280. The van der Waals surface area contributed by atoms with Crippen molar-refractivity contribution in [2.24, 2.45) is 11.8 Å². The summed E-state index contributed by atoms with van der Waals surface area (Å²) in [6.45, 7) is 11.2. The molecular formula is C31H40O2. The molecule has 0 saturated carbocycles. The molecular weight excluding hydrogens is 404 g/mol. The van der Waals surface area contributed by atoms with Crippen LogP contribution in [0.25, 0.3) is 0 Å². The van der Waals surface area contributed by atoms with Crippen LogP contribution in [0.15, 0.2) is 48.0 Å². The van der Waals surface area contributed by atoms with E-state index < -0.39 is 0 Å². The summed E-state index contributed by atoms with van der Waals surface area (Å²) < 4.78 is 0. The number of aryl methyl sites for hydroxylation is 2. The van der Waals surface area contributed by atoms with Crippen molar-refractivity contribution in [1.82, 2.24) is 0 Å². The van der Waals surface area contributed by atoms with Gasteiger partial charge in [-0.25, -0.2) is 0 Å². The Morgan fingerprint density at radius 3 is 1.79 bits per heavy atom. The highest BCUT2D eigenvalue weighted by Gasteiger charge is 2.29. The normalized spacial score (nSPS) is 13.6. The van der Waals surface area contributed by atoms with E-state index in [1.807, 2.05) is 36.4 Å². The number of ketones is 2. The average molecular weight is 445 g/mol. The summed E-state index contributed by atoms with van der Waals surface area (Å²) in [6.07, 6.45) is 11.1. The fourth-order valence-corrected chi connectivity index (χ4v) is 4.65. The van der Waals surface area contributed by atoms with Gasteiger partial charge in [-0.2, -0.15) is 0 Å². The molecule has 1 aliphatic rings. The zero-order valence-corrected chi connectivity index (χ0v) is 21.2. The lowest BCUT2D eigenvalue weighted by Gasteiger charge is -2.19. The molecule has 2 nitrogen and oxygen atoms in total. The Balaban J connectivity index is 1.68. The zero-order valence-electron chi connectivity index (χ0n) is 21.2. The van der Waals surface area contributed by atoms with Crippen LogP contribution in [-0.4, -0.2) is 11.6 Å². The largest absolute Gasteiger partial charge is 0.289 e. The van der Waals surface area contributed by atoms with Gasteiger partial charge in [0.1, 0.15) is 0 Å².